The van der Waals surface area contributed by atoms with Gasteiger partial charge in [-0.1, -0.05) is 12.1 Å². The molecule has 15 heavy (non-hydrogen) atoms. The molecule has 0 saturated carbocycles. The zero-order valence-electron chi connectivity index (χ0n) is 7.86. The molecule has 82 valence electrons. The lowest BCUT2D eigenvalue weighted by molar-refractivity contribution is -0.170. The molecule has 5 heteroatoms. The lowest BCUT2D eigenvalue weighted by Crippen LogP contribution is -2.24. The van der Waals surface area contributed by atoms with Crippen LogP contribution in [0.4, 0.5) is 13.2 Å². The minimum absolute atomic E-state index is 0.398. The number of carbonyl (C=O) groups is 1. The number of alkyl halides is 3. The maximum Gasteiger partial charge on any atom is 0.450 e. The third-order valence-corrected chi connectivity index (χ3v) is 3.11. The Balaban J connectivity index is 2.83. The second-order valence-electron chi connectivity index (χ2n) is 3.18. The summed E-state index contributed by atoms with van der Waals surface area (Å²) in [6.07, 6.45) is -5.32. The van der Waals surface area contributed by atoms with Gasteiger partial charge in [-0.25, -0.2) is 0 Å². The third kappa shape index (κ3) is 3.48. The van der Waals surface area contributed by atoms with Crippen LogP contribution in [0.3, 0.4) is 0 Å². The summed E-state index contributed by atoms with van der Waals surface area (Å²) in [6.45, 7) is 1.79. The summed E-state index contributed by atoms with van der Waals surface area (Å²) in [6, 6.07) is 4.85. The Morgan fingerprint density at radius 2 is 2.00 bits per heavy atom. The molecule has 0 spiro atoms. The molecule has 0 amide bonds. The number of ketones is 1. The largest absolute Gasteiger partial charge is 0.450 e. The number of hydrogen-bond acceptors (Lipinski definition) is 1. The van der Waals surface area contributed by atoms with Crippen molar-refractivity contribution in [3.05, 3.63) is 32.9 Å². The Morgan fingerprint density at radius 1 is 1.40 bits per heavy atom. The fraction of sp³-hybridized carbons (Fsp3) is 0.300. The molecule has 1 nitrogen and oxygen atoms in total. The van der Waals surface area contributed by atoms with Gasteiger partial charge in [0, 0.05) is 9.99 Å². The number of aryl methyl sites for hydroxylation is 1. The Kier molecular flexibility index (Phi) is 3.75. The lowest BCUT2D eigenvalue weighted by atomic mass is 10.1. The Morgan fingerprint density at radius 3 is 2.47 bits per heavy atom. The van der Waals surface area contributed by atoms with E-state index in [1.807, 2.05) is 0 Å². The Hall–Kier alpha value is -0.590. The van der Waals surface area contributed by atoms with Crippen LogP contribution in [0.2, 0.25) is 0 Å². The molecule has 1 rings (SSSR count). The standard InChI is InChI=1S/C10H8F3IO/c1-6-4-7(2-3-8(6)14)5-9(15)10(11,12)13/h2-4H,5H2,1H3. The van der Waals surface area contributed by atoms with Gasteiger partial charge in [0.1, 0.15) is 0 Å². The van der Waals surface area contributed by atoms with Crippen LogP contribution in [0.5, 0.6) is 0 Å². The van der Waals surface area contributed by atoms with Gasteiger partial charge >= 0.3 is 6.18 Å². The van der Waals surface area contributed by atoms with Crippen LogP contribution in [0.1, 0.15) is 11.1 Å². The van der Waals surface area contributed by atoms with Crippen molar-refractivity contribution < 1.29 is 18.0 Å². The number of carbonyl (C=O) groups excluding carboxylic acids is 1. The van der Waals surface area contributed by atoms with Crippen molar-refractivity contribution in [1.82, 2.24) is 0 Å². The van der Waals surface area contributed by atoms with E-state index in [1.165, 1.54) is 0 Å². The molecular weight excluding hydrogens is 320 g/mol. The highest BCUT2D eigenvalue weighted by atomic mass is 127. The number of rotatable bonds is 2. The molecular formula is C10H8F3IO. The van der Waals surface area contributed by atoms with Gasteiger partial charge in [-0.3, -0.25) is 4.79 Å². The van der Waals surface area contributed by atoms with E-state index in [0.29, 0.717) is 5.56 Å². The van der Waals surface area contributed by atoms with E-state index in [-0.39, 0.29) is 0 Å². The highest BCUT2D eigenvalue weighted by Gasteiger charge is 2.37. The monoisotopic (exact) mass is 328 g/mol. The first-order chi connectivity index (χ1) is 6.80. The molecule has 1 aromatic rings. The quantitative estimate of drug-likeness (QED) is 0.762. The van der Waals surface area contributed by atoms with Crippen LogP contribution in [0, 0.1) is 10.5 Å². The molecule has 0 unspecified atom stereocenters. The Labute approximate surface area is 98.8 Å². The molecule has 0 bridgehead atoms. The molecule has 0 aliphatic heterocycles. The fourth-order valence-corrected chi connectivity index (χ4v) is 1.44. The third-order valence-electron chi connectivity index (χ3n) is 1.90. The SMILES string of the molecule is Cc1cc(CC(=O)C(F)(F)F)ccc1I. The van der Waals surface area contributed by atoms with Crippen molar-refractivity contribution in [3.8, 4) is 0 Å². The average molecular weight is 328 g/mol. The fourth-order valence-electron chi connectivity index (χ4n) is 1.10. The summed E-state index contributed by atoms with van der Waals surface area (Å²) >= 11 is 2.08. The zero-order valence-corrected chi connectivity index (χ0v) is 10.0. The van der Waals surface area contributed by atoms with Crippen LogP contribution in [0.15, 0.2) is 18.2 Å². The maximum absolute atomic E-state index is 12.0. The molecule has 0 aliphatic carbocycles. The number of benzene rings is 1. The van der Waals surface area contributed by atoms with Crippen LogP contribution in [0.25, 0.3) is 0 Å². The summed E-state index contributed by atoms with van der Waals surface area (Å²) in [7, 11) is 0. The van der Waals surface area contributed by atoms with E-state index >= 15 is 0 Å². The van der Waals surface area contributed by atoms with Gasteiger partial charge in [-0.05, 0) is 46.7 Å². The van der Waals surface area contributed by atoms with Gasteiger partial charge < -0.3 is 0 Å². The number of hydrogen-bond donors (Lipinski definition) is 0. The molecule has 0 atom stereocenters. The molecule has 0 saturated heterocycles. The number of Topliss-reactive ketones (excluding diaryl/α,β-unsaturated/α-hetero) is 1. The van der Waals surface area contributed by atoms with Crippen molar-refractivity contribution in [1.29, 1.82) is 0 Å². The van der Waals surface area contributed by atoms with E-state index in [0.717, 1.165) is 9.13 Å². The maximum atomic E-state index is 12.0. The van der Waals surface area contributed by atoms with Gasteiger partial charge in [0.2, 0.25) is 5.78 Å². The normalized spacial score (nSPS) is 11.5. The van der Waals surface area contributed by atoms with E-state index in [2.05, 4.69) is 22.6 Å². The van der Waals surface area contributed by atoms with Crippen LogP contribution in [-0.2, 0) is 11.2 Å². The summed E-state index contributed by atoms with van der Waals surface area (Å²) in [4.78, 5) is 10.7. The van der Waals surface area contributed by atoms with Crippen molar-refractivity contribution in [2.75, 3.05) is 0 Å². The highest BCUT2D eigenvalue weighted by molar-refractivity contribution is 14.1. The van der Waals surface area contributed by atoms with Gasteiger partial charge in [0.05, 0.1) is 0 Å². The summed E-state index contributed by atoms with van der Waals surface area (Å²) in [5, 5.41) is 0. The van der Waals surface area contributed by atoms with Gasteiger partial charge in [-0.15, -0.1) is 0 Å². The predicted octanol–water partition coefficient (Wildman–Crippen LogP) is 3.27. The molecule has 0 N–H and O–H groups in total. The molecule has 0 radical (unpaired) electrons. The zero-order chi connectivity index (χ0) is 11.6. The van der Waals surface area contributed by atoms with Gasteiger partial charge in [0.15, 0.2) is 0 Å². The molecule has 0 aliphatic rings. The topological polar surface area (TPSA) is 17.1 Å². The van der Waals surface area contributed by atoms with E-state index < -0.39 is 18.4 Å². The first-order valence-corrected chi connectivity index (χ1v) is 5.23. The summed E-state index contributed by atoms with van der Waals surface area (Å²) < 4.78 is 36.9. The second kappa shape index (κ2) is 4.51. The van der Waals surface area contributed by atoms with E-state index in [9.17, 15) is 18.0 Å². The molecule has 0 aromatic heterocycles. The molecule has 0 heterocycles. The van der Waals surface area contributed by atoms with Crippen molar-refractivity contribution >= 4 is 28.4 Å². The van der Waals surface area contributed by atoms with Crippen molar-refractivity contribution in [2.45, 2.75) is 19.5 Å². The Bertz CT molecular complexity index is 385. The first kappa shape index (κ1) is 12.5. The predicted molar refractivity (Wildman–Crippen MR) is 58.7 cm³/mol. The van der Waals surface area contributed by atoms with Gasteiger partial charge in [-0.2, -0.15) is 13.2 Å². The second-order valence-corrected chi connectivity index (χ2v) is 4.34. The van der Waals surface area contributed by atoms with Crippen molar-refractivity contribution in [2.24, 2.45) is 0 Å². The molecule has 0 fully saturated rings. The lowest BCUT2D eigenvalue weighted by Gasteiger charge is -2.06. The summed E-state index contributed by atoms with van der Waals surface area (Å²) in [5.74, 6) is -1.71. The smallest absolute Gasteiger partial charge is 0.289 e. The van der Waals surface area contributed by atoms with Crippen LogP contribution in [-0.4, -0.2) is 12.0 Å². The van der Waals surface area contributed by atoms with Crippen LogP contribution < -0.4 is 0 Å². The van der Waals surface area contributed by atoms with Crippen molar-refractivity contribution in [3.63, 3.8) is 0 Å². The molecule has 1 aromatic carbocycles. The average Bonchev–Trinajstić information content (AvgIpc) is 2.10. The minimum Gasteiger partial charge on any atom is -0.289 e. The first-order valence-electron chi connectivity index (χ1n) is 4.16. The van der Waals surface area contributed by atoms with E-state index in [1.54, 1.807) is 25.1 Å². The van der Waals surface area contributed by atoms with Crippen LogP contribution >= 0.6 is 22.6 Å². The highest BCUT2D eigenvalue weighted by Crippen LogP contribution is 2.20. The minimum atomic E-state index is -4.74. The number of halogens is 4. The summed E-state index contributed by atoms with van der Waals surface area (Å²) in [5.41, 5.74) is 1.28. The van der Waals surface area contributed by atoms with E-state index in [4.69, 9.17) is 0 Å². The van der Waals surface area contributed by atoms with Gasteiger partial charge in [0.25, 0.3) is 0 Å².